The number of guanidine groups is 1. The first-order chi connectivity index (χ1) is 12.5. The molecule has 7 heteroatoms. The lowest BCUT2D eigenvalue weighted by Gasteiger charge is -2.16. The molecule has 2 aromatic carbocycles. The van der Waals surface area contributed by atoms with E-state index in [2.05, 4.69) is 10.3 Å². The monoisotopic (exact) mass is 377 g/mol. The zero-order valence-corrected chi connectivity index (χ0v) is 15.4. The average Bonchev–Trinajstić information content (AvgIpc) is 3.40. The Hall–Kier alpha value is -2.47. The molecule has 1 fully saturated rings. The number of nitrogens with zero attached hydrogens (tertiary/aromatic N) is 1. The largest absolute Gasteiger partial charge is 0.497 e. The van der Waals surface area contributed by atoms with Crippen LogP contribution >= 0.6 is 11.6 Å². The Morgan fingerprint density at radius 3 is 2.62 bits per heavy atom. The van der Waals surface area contributed by atoms with Crippen LogP contribution in [0.2, 0.25) is 5.02 Å². The van der Waals surface area contributed by atoms with Crippen molar-refractivity contribution >= 4 is 23.2 Å². The van der Waals surface area contributed by atoms with Crippen LogP contribution in [0.5, 0.6) is 11.5 Å². The lowest BCUT2D eigenvalue weighted by Crippen LogP contribution is -2.25. The Morgan fingerprint density at radius 1 is 1.23 bits per heavy atom. The minimum atomic E-state index is -0.343. The molecule has 1 aliphatic rings. The first-order valence-electron chi connectivity index (χ1n) is 8.22. The van der Waals surface area contributed by atoms with Crippen molar-refractivity contribution in [2.45, 2.75) is 18.3 Å². The maximum absolute atomic E-state index is 13.3. The number of nitrogens with two attached hydrogens (primary N) is 1. The van der Waals surface area contributed by atoms with Crippen molar-refractivity contribution in [3.05, 3.63) is 52.8 Å². The van der Waals surface area contributed by atoms with E-state index in [0.29, 0.717) is 28.8 Å². The summed E-state index contributed by atoms with van der Waals surface area (Å²) in [7, 11) is 3.17. The molecule has 5 nitrogen and oxygen atoms in total. The molecule has 1 saturated carbocycles. The van der Waals surface area contributed by atoms with E-state index in [1.165, 1.54) is 12.1 Å². The molecule has 0 unspecified atom stereocenters. The number of halogens is 2. The molecular weight excluding hydrogens is 357 g/mol. The Morgan fingerprint density at radius 2 is 2.00 bits per heavy atom. The molecule has 0 aromatic heterocycles. The number of hydrogen-bond acceptors (Lipinski definition) is 3. The number of anilines is 1. The summed E-state index contributed by atoms with van der Waals surface area (Å²) in [6.07, 6.45) is 1.88. The van der Waals surface area contributed by atoms with Gasteiger partial charge in [-0.1, -0.05) is 17.7 Å². The lowest BCUT2D eigenvalue weighted by molar-refractivity contribution is 0.405. The van der Waals surface area contributed by atoms with Crippen LogP contribution in [0.15, 0.2) is 41.4 Å². The predicted molar refractivity (Wildman–Crippen MR) is 102 cm³/mol. The van der Waals surface area contributed by atoms with E-state index in [9.17, 15) is 4.39 Å². The summed E-state index contributed by atoms with van der Waals surface area (Å²) in [6.45, 7) is 0.476. The van der Waals surface area contributed by atoms with Gasteiger partial charge in [-0.15, -0.1) is 0 Å². The molecule has 3 rings (SSSR count). The lowest BCUT2D eigenvalue weighted by atomic mass is 9.96. The van der Waals surface area contributed by atoms with Gasteiger partial charge in [-0.3, -0.25) is 4.99 Å². The van der Waals surface area contributed by atoms with Gasteiger partial charge in [-0.2, -0.15) is 0 Å². The normalized spacial score (nSPS) is 15.5. The highest BCUT2D eigenvalue weighted by Crippen LogP contribution is 2.50. The second-order valence-corrected chi connectivity index (χ2v) is 6.70. The molecule has 0 amide bonds. The van der Waals surface area contributed by atoms with Crippen molar-refractivity contribution in [2.24, 2.45) is 10.7 Å². The summed E-state index contributed by atoms with van der Waals surface area (Å²) in [5.41, 5.74) is 7.45. The van der Waals surface area contributed by atoms with Crippen LogP contribution < -0.4 is 20.5 Å². The summed E-state index contributed by atoms with van der Waals surface area (Å²) < 4.78 is 23.8. The third kappa shape index (κ3) is 3.85. The number of hydrogen-bond donors (Lipinski definition) is 2. The number of benzene rings is 2. The fourth-order valence-electron chi connectivity index (χ4n) is 2.91. The van der Waals surface area contributed by atoms with E-state index in [0.717, 1.165) is 18.4 Å². The topological polar surface area (TPSA) is 68.9 Å². The van der Waals surface area contributed by atoms with Gasteiger partial charge in [0.05, 0.1) is 26.5 Å². The quantitative estimate of drug-likeness (QED) is 0.590. The third-order valence-corrected chi connectivity index (χ3v) is 4.89. The fourth-order valence-corrected chi connectivity index (χ4v) is 3.28. The van der Waals surface area contributed by atoms with Crippen molar-refractivity contribution < 1.29 is 13.9 Å². The Kier molecular flexibility index (Phi) is 5.23. The molecule has 26 heavy (non-hydrogen) atoms. The van der Waals surface area contributed by atoms with Crippen molar-refractivity contribution in [1.82, 2.24) is 0 Å². The Balaban J connectivity index is 1.75. The SMILES string of the molecule is COc1ccc(OC)c(NC(N)=NCC2(c3ccc(F)cc3Cl)CC2)c1. The zero-order valence-electron chi connectivity index (χ0n) is 14.7. The fraction of sp³-hybridized carbons (Fsp3) is 0.316. The van der Waals surface area contributed by atoms with Gasteiger partial charge in [0, 0.05) is 16.5 Å². The van der Waals surface area contributed by atoms with Crippen molar-refractivity contribution in [3.8, 4) is 11.5 Å². The van der Waals surface area contributed by atoms with Gasteiger partial charge in [-0.05, 0) is 42.7 Å². The molecule has 138 valence electrons. The highest BCUT2D eigenvalue weighted by molar-refractivity contribution is 6.31. The van der Waals surface area contributed by atoms with Gasteiger partial charge in [0.1, 0.15) is 17.3 Å². The number of nitrogens with one attached hydrogen (secondary N) is 1. The highest BCUT2D eigenvalue weighted by atomic mass is 35.5. The Bertz CT molecular complexity index is 838. The molecule has 2 aromatic rings. The van der Waals surface area contributed by atoms with Gasteiger partial charge in [0.2, 0.25) is 0 Å². The minimum Gasteiger partial charge on any atom is -0.497 e. The molecule has 0 aliphatic heterocycles. The summed E-state index contributed by atoms with van der Waals surface area (Å²) in [5, 5.41) is 3.47. The van der Waals surface area contributed by atoms with Crippen molar-refractivity contribution in [3.63, 3.8) is 0 Å². The van der Waals surface area contributed by atoms with Gasteiger partial charge in [0.15, 0.2) is 5.96 Å². The first-order valence-corrected chi connectivity index (χ1v) is 8.60. The van der Waals surface area contributed by atoms with Crippen molar-refractivity contribution in [1.29, 1.82) is 0 Å². The van der Waals surface area contributed by atoms with E-state index in [-0.39, 0.29) is 17.2 Å². The predicted octanol–water partition coefficient (Wildman–Crippen LogP) is 3.95. The van der Waals surface area contributed by atoms with Crippen LogP contribution in [0.1, 0.15) is 18.4 Å². The smallest absolute Gasteiger partial charge is 0.193 e. The van der Waals surface area contributed by atoms with Crippen LogP contribution in [0.3, 0.4) is 0 Å². The summed E-state index contributed by atoms with van der Waals surface area (Å²) in [5.74, 6) is 1.23. The Labute approximate surface area is 157 Å². The van der Waals surface area contributed by atoms with E-state index in [4.69, 9.17) is 26.8 Å². The number of ether oxygens (including phenoxy) is 2. The number of methoxy groups -OCH3 is 2. The molecule has 0 atom stereocenters. The number of aliphatic imine (C=N–C) groups is 1. The van der Waals surface area contributed by atoms with Crippen molar-refractivity contribution in [2.75, 3.05) is 26.1 Å². The maximum Gasteiger partial charge on any atom is 0.193 e. The van der Waals surface area contributed by atoms with E-state index in [1.807, 2.05) is 0 Å². The number of rotatable bonds is 6. The minimum absolute atomic E-state index is 0.171. The van der Waals surface area contributed by atoms with E-state index in [1.54, 1.807) is 38.5 Å². The van der Waals surface area contributed by atoms with Gasteiger partial charge in [0.25, 0.3) is 0 Å². The summed E-state index contributed by atoms with van der Waals surface area (Å²) in [6, 6.07) is 9.86. The molecule has 0 radical (unpaired) electrons. The van der Waals surface area contributed by atoms with Crippen LogP contribution in [-0.2, 0) is 5.41 Å². The second kappa shape index (κ2) is 7.41. The summed E-state index contributed by atoms with van der Waals surface area (Å²) >= 11 is 6.21. The van der Waals surface area contributed by atoms with E-state index < -0.39 is 0 Å². The van der Waals surface area contributed by atoms with Crippen LogP contribution in [-0.4, -0.2) is 26.7 Å². The highest BCUT2D eigenvalue weighted by Gasteiger charge is 2.45. The molecule has 1 aliphatic carbocycles. The molecule has 0 bridgehead atoms. The molecule has 0 heterocycles. The molecular formula is C19H21ClFN3O2. The molecule has 0 saturated heterocycles. The third-order valence-electron chi connectivity index (χ3n) is 4.58. The van der Waals surface area contributed by atoms with Crippen LogP contribution in [0, 0.1) is 5.82 Å². The van der Waals surface area contributed by atoms with E-state index >= 15 is 0 Å². The van der Waals surface area contributed by atoms with Gasteiger partial charge < -0.3 is 20.5 Å². The second-order valence-electron chi connectivity index (χ2n) is 6.30. The zero-order chi connectivity index (χ0) is 18.7. The molecule has 0 spiro atoms. The molecule has 3 N–H and O–H groups in total. The summed E-state index contributed by atoms with van der Waals surface area (Å²) in [4.78, 5) is 4.46. The van der Waals surface area contributed by atoms with Crippen LogP contribution in [0.4, 0.5) is 10.1 Å². The maximum atomic E-state index is 13.3. The standard InChI is InChI=1S/C19H21ClFN3O2/c1-25-13-4-6-17(26-2)16(10-13)24-18(22)23-11-19(7-8-19)14-5-3-12(21)9-15(14)20/h3-6,9-10H,7-8,11H2,1-2H3,(H3,22,23,24). The average molecular weight is 378 g/mol. The first kappa shape index (κ1) is 18.3. The van der Waals surface area contributed by atoms with Crippen LogP contribution in [0.25, 0.3) is 0 Å². The van der Waals surface area contributed by atoms with Gasteiger partial charge >= 0.3 is 0 Å². The van der Waals surface area contributed by atoms with Gasteiger partial charge in [-0.25, -0.2) is 4.39 Å².